The molecular weight excluding hydrogens is 733 g/mol. The van der Waals surface area contributed by atoms with Crippen LogP contribution in [-0.4, -0.2) is 58.0 Å². The number of ether oxygens (including phenoxy) is 3. The van der Waals surface area contributed by atoms with Crippen molar-refractivity contribution in [3.63, 3.8) is 0 Å². The van der Waals surface area contributed by atoms with Crippen LogP contribution in [0.3, 0.4) is 0 Å². The van der Waals surface area contributed by atoms with Gasteiger partial charge in [-0.3, -0.25) is 9.69 Å². The molecule has 4 aromatic carbocycles. The number of benzene rings is 4. The molecule has 0 bridgehead atoms. The maximum Gasteiger partial charge on any atom is 0.408 e. The number of aromatic nitrogens is 1. The highest BCUT2D eigenvalue weighted by molar-refractivity contribution is 5.81. The Morgan fingerprint density at radius 1 is 0.789 bits per heavy atom. The summed E-state index contributed by atoms with van der Waals surface area (Å²) in [5.41, 5.74) is 2.85. The molecule has 1 aromatic heterocycles. The van der Waals surface area contributed by atoms with Crippen LogP contribution < -0.4 is 5.32 Å². The lowest BCUT2D eigenvalue weighted by molar-refractivity contribution is -0.153. The number of alkyl carbamates (subject to hydrolysis) is 1. The van der Waals surface area contributed by atoms with Gasteiger partial charge in [0.1, 0.15) is 43.7 Å². The van der Waals surface area contributed by atoms with Crippen LogP contribution in [0, 0.1) is 17.0 Å². The van der Waals surface area contributed by atoms with Crippen LogP contribution in [0.2, 0.25) is 0 Å². The molecule has 0 fully saturated rings. The molecule has 1 unspecified atom stereocenters. The van der Waals surface area contributed by atoms with Gasteiger partial charge in [-0.15, -0.1) is 0 Å². The molecule has 1 heterocycles. The first-order chi connectivity index (χ1) is 27.3. The maximum atomic E-state index is 15.3. The van der Waals surface area contributed by atoms with Crippen molar-refractivity contribution in [1.82, 2.24) is 14.8 Å². The van der Waals surface area contributed by atoms with E-state index in [-0.39, 0.29) is 31.7 Å². The largest absolute Gasteiger partial charge is 0.462 e. The van der Waals surface area contributed by atoms with Crippen LogP contribution in [0.15, 0.2) is 121 Å². The zero-order valence-electron chi connectivity index (χ0n) is 32.6. The lowest BCUT2D eigenvalue weighted by atomic mass is 9.82. The predicted octanol–water partition coefficient (Wildman–Crippen LogP) is 8.18. The number of aliphatic hydroxyl groups is 1. The summed E-state index contributed by atoms with van der Waals surface area (Å²) >= 11 is 0. The Balaban J connectivity index is 1.52. The van der Waals surface area contributed by atoms with Crippen molar-refractivity contribution >= 4 is 18.0 Å². The quantitative estimate of drug-likeness (QED) is 0.0551. The normalized spacial score (nSPS) is 13.1. The van der Waals surface area contributed by atoms with Crippen molar-refractivity contribution in [2.24, 2.45) is 5.41 Å². The molecule has 5 aromatic rings. The lowest BCUT2D eigenvalue weighted by Crippen LogP contribution is -2.50. The van der Waals surface area contributed by atoms with Crippen molar-refractivity contribution in [2.75, 3.05) is 13.2 Å². The smallest absolute Gasteiger partial charge is 0.408 e. The number of hydrogen-bond donors (Lipinski definition) is 2. The Kier molecular flexibility index (Phi) is 14.7. The highest BCUT2D eigenvalue weighted by atomic mass is 19.1. The lowest BCUT2D eigenvalue weighted by Gasteiger charge is -2.43. The van der Waals surface area contributed by atoms with Crippen LogP contribution in [0.4, 0.5) is 13.6 Å². The molecular formula is C45H49F2N3O7. The minimum atomic E-state index is -1.40. The Hall–Kier alpha value is -5.85. The van der Waals surface area contributed by atoms with E-state index in [4.69, 9.17) is 14.2 Å². The van der Waals surface area contributed by atoms with E-state index in [0.717, 1.165) is 34.9 Å². The number of halogens is 2. The fourth-order valence-corrected chi connectivity index (χ4v) is 6.65. The number of rotatable bonds is 17. The number of carbonyl (C=O) groups excluding carboxylic acids is 3. The highest BCUT2D eigenvalue weighted by Crippen LogP contribution is 2.42. The van der Waals surface area contributed by atoms with E-state index in [2.05, 4.69) is 5.32 Å². The molecule has 0 aliphatic rings. The molecule has 57 heavy (non-hydrogen) atoms. The first kappa shape index (κ1) is 42.3. The average molecular weight is 782 g/mol. The zero-order valence-corrected chi connectivity index (χ0v) is 32.6. The summed E-state index contributed by atoms with van der Waals surface area (Å²) in [4.78, 5) is 40.5. The zero-order chi connectivity index (χ0) is 41.0. The van der Waals surface area contributed by atoms with E-state index in [1.165, 1.54) is 6.92 Å². The number of nitrogens with one attached hydrogen (secondary N) is 1. The molecule has 0 radical (unpaired) electrons. The van der Waals surface area contributed by atoms with Crippen molar-refractivity contribution in [2.45, 2.75) is 72.2 Å². The second-order valence-electron chi connectivity index (χ2n) is 14.8. The van der Waals surface area contributed by atoms with Crippen LogP contribution >= 0.6 is 0 Å². The van der Waals surface area contributed by atoms with Gasteiger partial charge < -0.3 is 29.2 Å². The van der Waals surface area contributed by atoms with Gasteiger partial charge in [0.05, 0.1) is 6.04 Å². The molecule has 0 aliphatic heterocycles. The fourth-order valence-electron chi connectivity index (χ4n) is 6.65. The first-order valence-corrected chi connectivity index (χ1v) is 18.7. The molecule has 5 rings (SSSR count). The summed E-state index contributed by atoms with van der Waals surface area (Å²) in [5, 5.41) is 14.5. The molecule has 0 saturated heterocycles. The van der Waals surface area contributed by atoms with Gasteiger partial charge in [0, 0.05) is 43.0 Å². The monoisotopic (exact) mass is 781 g/mol. The molecule has 12 heteroatoms. The topological polar surface area (TPSA) is 119 Å². The van der Waals surface area contributed by atoms with Gasteiger partial charge in [0.25, 0.3) is 0 Å². The number of nitrogens with zero attached hydrogens (tertiary/aromatic N) is 2. The van der Waals surface area contributed by atoms with E-state index in [1.807, 2.05) is 92.1 Å². The number of aliphatic hydroxyl groups excluding tert-OH is 1. The van der Waals surface area contributed by atoms with Gasteiger partial charge >= 0.3 is 18.0 Å². The SMILES string of the molecule is CC(=O)OCC(O)N(CC[C@H](NC(=O)OCc1ccccc1)C(=O)OCc1ccccc1)[C@@H](c1cc(-c2cc(F)ccc2F)cn1Cc1ccccc1)C(C)(C)C. The minimum Gasteiger partial charge on any atom is -0.462 e. The van der Waals surface area contributed by atoms with Gasteiger partial charge in [-0.05, 0) is 52.8 Å². The molecule has 0 spiro atoms. The number of esters is 2. The Morgan fingerprint density at radius 3 is 1.95 bits per heavy atom. The van der Waals surface area contributed by atoms with Crippen molar-refractivity contribution < 1.29 is 42.5 Å². The first-order valence-electron chi connectivity index (χ1n) is 18.7. The van der Waals surface area contributed by atoms with Gasteiger partial charge in [0.2, 0.25) is 0 Å². The standard InChI is InChI=1S/C45H49F2N3O7/c1-31(51)55-30-41(52)50(23-22-39(43(53)56-28-33-16-10-6-11-17-33)48-44(54)57-29-34-18-12-7-13-19-34)42(45(2,3)4)40-24-35(37-25-36(46)20-21-38(37)47)27-49(40)26-32-14-8-5-9-15-32/h5-21,24-25,27,39,41-42,52H,22-23,26,28-30H2,1-4H3,(H,48,54)/t39-,41?,42-/m0/s1. The Bertz CT molecular complexity index is 2070. The summed E-state index contributed by atoms with van der Waals surface area (Å²) in [7, 11) is 0. The summed E-state index contributed by atoms with van der Waals surface area (Å²) in [6.45, 7) is 6.90. The molecule has 3 atom stereocenters. The molecule has 0 saturated carbocycles. The second kappa shape index (κ2) is 19.8. The third kappa shape index (κ3) is 12.3. The van der Waals surface area contributed by atoms with Crippen molar-refractivity contribution in [3.8, 4) is 11.1 Å². The molecule has 300 valence electrons. The van der Waals surface area contributed by atoms with Crippen LogP contribution in [0.1, 0.15) is 62.5 Å². The minimum absolute atomic E-state index is 0.0331. The average Bonchev–Trinajstić information content (AvgIpc) is 3.59. The number of hydrogen-bond acceptors (Lipinski definition) is 8. The van der Waals surface area contributed by atoms with E-state index in [0.29, 0.717) is 17.8 Å². The predicted molar refractivity (Wildman–Crippen MR) is 211 cm³/mol. The highest BCUT2D eigenvalue weighted by Gasteiger charge is 2.39. The summed E-state index contributed by atoms with van der Waals surface area (Å²) in [6.07, 6.45) is -0.580. The molecule has 1 amide bonds. The maximum absolute atomic E-state index is 15.3. The fraction of sp³-hybridized carbons (Fsp3) is 0.311. The number of amides is 1. The Morgan fingerprint density at radius 2 is 1.37 bits per heavy atom. The second-order valence-corrected chi connectivity index (χ2v) is 14.8. The van der Waals surface area contributed by atoms with Gasteiger partial charge in [-0.2, -0.15) is 0 Å². The third-order valence-corrected chi connectivity index (χ3v) is 9.30. The van der Waals surface area contributed by atoms with Crippen LogP contribution in [0.25, 0.3) is 11.1 Å². The Labute approximate surface area is 332 Å². The van der Waals surface area contributed by atoms with E-state index in [9.17, 15) is 23.9 Å². The van der Waals surface area contributed by atoms with E-state index < -0.39 is 60.0 Å². The van der Waals surface area contributed by atoms with Gasteiger partial charge in [-0.25, -0.2) is 18.4 Å². The molecule has 0 aliphatic carbocycles. The van der Waals surface area contributed by atoms with Crippen molar-refractivity contribution in [1.29, 1.82) is 0 Å². The third-order valence-electron chi connectivity index (χ3n) is 9.30. The number of carbonyl (C=O) groups is 3. The van der Waals surface area contributed by atoms with Crippen molar-refractivity contribution in [3.05, 3.63) is 155 Å². The summed E-state index contributed by atoms with van der Waals surface area (Å²) in [6, 6.07) is 30.8. The van der Waals surface area contributed by atoms with Gasteiger partial charge in [-0.1, -0.05) is 112 Å². The van der Waals surface area contributed by atoms with Crippen LogP contribution in [-0.2, 0) is 43.6 Å². The summed E-state index contributed by atoms with van der Waals surface area (Å²) in [5.74, 6) is -2.55. The summed E-state index contributed by atoms with van der Waals surface area (Å²) < 4.78 is 48.1. The molecule has 10 nitrogen and oxygen atoms in total. The van der Waals surface area contributed by atoms with E-state index >= 15 is 4.39 Å². The van der Waals surface area contributed by atoms with E-state index in [1.54, 1.807) is 41.4 Å². The van der Waals surface area contributed by atoms with Crippen LogP contribution in [0.5, 0.6) is 0 Å². The van der Waals surface area contributed by atoms with Gasteiger partial charge in [0.15, 0.2) is 0 Å². The molecule has 2 N–H and O–H groups in total.